The zero-order chi connectivity index (χ0) is 28.1. The summed E-state index contributed by atoms with van der Waals surface area (Å²) in [5.41, 5.74) is 6.95. The molecule has 2 aliphatic heterocycles. The average molecular weight is 562 g/mol. The maximum Gasteiger partial charge on any atom is 0.258 e. The molecule has 2 fully saturated rings. The number of amides is 2. The van der Waals surface area contributed by atoms with Crippen LogP contribution in [0.5, 0.6) is 0 Å². The molecule has 2 amide bonds. The number of hydrogen-bond acceptors (Lipinski definition) is 3. The molecule has 206 valence electrons. The third kappa shape index (κ3) is 4.83. The Morgan fingerprint density at radius 2 is 1.68 bits per heavy atom. The van der Waals surface area contributed by atoms with Gasteiger partial charge in [0.2, 0.25) is 0 Å². The van der Waals surface area contributed by atoms with Gasteiger partial charge in [0.25, 0.3) is 11.8 Å². The van der Waals surface area contributed by atoms with Gasteiger partial charge in [-0.05, 0) is 97.3 Å². The summed E-state index contributed by atoms with van der Waals surface area (Å²) >= 11 is 6.39. The summed E-state index contributed by atoms with van der Waals surface area (Å²) in [6.07, 6.45) is 3.71. The maximum atomic E-state index is 14.0. The standard InChI is InChI=1S/C35H32ClN3O2/c1-22-6-8-23(9-7-22)30-4-2-3-5-31(30)34(40)37-28-14-10-24(11-15-28)35(41)39-21-33-25-12-16-29(19-25)38(33)20-26-18-27(36)13-17-32(26)39/h2-11,13-15,17-18,25,29,33H,12,16,19-21H2,1H3,(H,37,40)/t25-,29+,33+/m0/s1. The number of fused-ring (bicyclic) bond motifs is 6. The van der Waals surface area contributed by atoms with E-state index in [1.165, 1.54) is 24.8 Å². The molecule has 41 heavy (non-hydrogen) atoms. The molecule has 0 unspecified atom stereocenters. The number of aryl methyl sites for hydroxylation is 1. The predicted molar refractivity (Wildman–Crippen MR) is 165 cm³/mol. The fourth-order valence-electron chi connectivity index (χ4n) is 7.02. The number of anilines is 2. The highest BCUT2D eigenvalue weighted by molar-refractivity contribution is 6.30. The molecule has 7 rings (SSSR count). The minimum absolute atomic E-state index is 0.0270. The monoisotopic (exact) mass is 561 g/mol. The van der Waals surface area contributed by atoms with Crippen LogP contribution < -0.4 is 10.2 Å². The van der Waals surface area contributed by atoms with Gasteiger partial charge in [0.15, 0.2) is 0 Å². The number of rotatable bonds is 4. The molecular formula is C35H32ClN3O2. The molecule has 2 heterocycles. The molecule has 3 atom stereocenters. The highest BCUT2D eigenvalue weighted by Gasteiger charge is 2.48. The van der Waals surface area contributed by atoms with Gasteiger partial charge < -0.3 is 10.2 Å². The first kappa shape index (κ1) is 26.0. The molecule has 3 aliphatic rings. The van der Waals surface area contributed by atoms with Crippen molar-refractivity contribution in [2.45, 2.75) is 44.8 Å². The normalized spacial score (nSPS) is 21.2. The number of halogens is 1. The molecule has 0 spiro atoms. The van der Waals surface area contributed by atoms with Crippen molar-refractivity contribution in [2.24, 2.45) is 5.92 Å². The van der Waals surface area contributed by atoms with Crippen LogP contribution in [0.15, 0.2) is 91.0 Å². The van der Waals surface area contributed by atoms with E-state index in [1.54, 1.807) is 0 Å². The predicted octanol–water partition coefficient (Wildman–Crippen LogP) is 7.58. The van der Waals surface area contributed by atoms with Crippen molar-refractivity contribution in [3.8, 4) is 11.1 Å². The van der Waals surface area contributed by atoms with Crippen molar-refractivity contribution in [2.75, 3.05) is 16.8 Å². The quantitative estimate of drug-likeness (QED) is 0.279. The van der Waals surface area contributed by atoms with Crippen molar-refractivity contribution >= 4 is 34.8 Å². The summed E-state index contributed by atoms with van der Waals surface area (Å²) in [4.78, 5) is 31.8. The fraction of sp³-hybridized carbons (Fsp3) is 0.257. The summed E-state index contributed by atoms with van der Waals surface area (Å²) in [5, 5.41) is 3.72. The highest BCUT2D eigenvalue weighted by Crippen LogP contribution is 2.46. The largest absolute Gasteiger partial charge is 0.322 e. The van der Waals surface area contributed by atoms with Crippen LogP contribution in [0.25, 0.3) is 11.1 Å². The first-order valence-corrected chi connectivity index (χ1v) is 14.8. The molecule has 5 nitrogen and oxygen atoms in total. The molecule has 0 radical (unpaired) electrons. The summed E-state index contributed by atoms with van der Waals surface area (Å²) in [6, 6.07) is 29.9. The Hall–Kier alpha value is -3.93. The summed E-state index contributed by atoms with van der Waals surface area (Å²) < 4.78 is 0. The first-order chi connectivity index (χ1) is 19.9. The van der Waals surface area contributed by atoms with Crippen LogP contribution in [-0.4, -0.2) is 35.3 Å². The SMILES string of the molecule is Cc1ccc(-c2ccccc2C(=O)Nc2ccc(C(=O)N3C[C@@H]4[C@H]5CC[C@H](C5)N4Cc4cc(Cl)ccc43)cc2)cc1. The van der Waals surface area contributed by atoms with E-state index in [4.69, 9.17) is 11.6 Å². The van der Waals surface area contributed by atoms with Crippen LogP contribution >= 0.6 is 11.6 Å². The highest BCUT2D eigenvalue weighted by atomic mass is 35.5. The number of hydrogen-bond donors (Lipinski definition) is 1. The molecule has 1 N–H and O–H groups in total. The van der Waals surface area contributed by atoms with Gasteiger partial charge in [-0.2, -0.15) is 0 Å². The lowest BCUT2D eigenvalue weighted by Crippen LogP contribution is -2.46. The van der Waals surface area contributed by atoms with Gasteiger partial charge in [-0.1, -0.05) is 59.6 Å². The Morgan fingerprint density at radius 3 is 2.49 bits per heavy atom. The zero-order valence-electron chi connectivity index (χ0n) is 23.0. The van der Waals surface area contributed by atoms with Crippen molar-refractivity contribution in [1.29, 1.82) is 0 Å². The second-order valence-electron chi connectivity index (χ2n) is 11.6. The van der Waals surface area contributed by atoms with Crippen molar-refractivity contribution in [3.05, 3.63) is 118 Å². The van der Waals surface area contributed by atoms with E-state index in [0.29, 0.717) is 46.4 Å². The van der Waals surface area contributed by atoms with Gasteiger partial charge in [-0.25, -0.2) is 0 Å². The van der Waals surface area contributed by atoms with Gasteiger partial charge in [0.1, 0.15) is 0 Å². The Kier molecular flexibility index (Phi) is 6.64. The molecular weight excluding hydrogens is 530 g/mol. The average Bonchev–Trinajstić information content (AvgIpc) is 3.54. The minimum Gasteiger partial charge on any atom is -0.322 e. The van der Waals surface area contributed by atoms with Crippen LogP contribution in [0.4, 0.5) is 11.4 Å². The summed E-state index contributed by atoms with van der Waals surface area (Å²) in [7, 11) is 0. The fourth-order valence-corrected chi connectivity index (χ4v) is 7.21. The smallest absolute Gasteiger partial charge is 0.258 e. The molecule has 4 aromatic carbocycles. The Labute approximate surface area is 245 Å². The zero-order valence-corrected chi connectivity index (χ0v) is 23.8. The third-order valence-corrected chi connectivity index (χ3v) is 9.34. The van der Waals surface area contributed by atoms with Crippen LogP contribution in [0, 0.1) is 12.8 Å². The van der Waals surface area contributed by atoms with Gasteiger partial charge in [-0.15, -0.1) is 0 Å². The van der Waals surface area contributed by atoms with Gasteiger partial charge >= 0.3 is 0 Å². The molecule has 4 aromatic rings. The van der Waals surface area contributed by atoms with E-state index < -0.39 is 0 Å². The van der Waals surface area contributed by atoms with Crippen LogP contribution in [0.1, 0.15) is 51.1 Å². The molecule has 2 bridgehead atoms. The van der Waals surface area contributed by atoms with E-state index in [-0.39, 0.29) is 11.8 Å². The van der Waals surface area contributed by atoms with Gasteiger partial charge in [0.05, 0.1) is 0 Å². The van der Waals surface area contributed by atoms with Crippen molar-refractivity contribution in [3.63, 3.8) is 0 Å². The number of nitrogens with one attached hydrogen (secondary N) is 1. The topological polar surface area (TPSA) is 52.7 Å². The Morgan fingerprint density at radius 1 is 0.902 bits per heavy atom. The van der Waals surface area contributed by atoms with E-state index in [1.807, 2.05) is 103 Å². The second kappa shape index (κ2) is 10.5. The lowest BCUT2D eigenvalue weighted by molar-refractivity contribution is 0.0961. The van der Waals surface area contributed by atoms with Crippen LogP contribution in [0.3, 0.4) is 0 Å². The van der Waals surface area contributed by atoms with E-state index in [2.05, 4.69) is 10.2 Å². The number of carbonyl (C=O) groups is 2. The van der Waals surface area contributed by atoms with E-state index in [9.17, 15) is 9.59 Å². The Bertz CT molecular complexity index is 1630. The number of carbonyl (C=O) groups excluding carboxylic acids is 2. The lowest BCUT2D eigenvalue weighted by atomic mass is 9.98. The molecule has 1 aliphatic carbocycles. The third-order valence-electron chi connectivity index (χ3n) is 9.11. The number of nitrogens with zero attached hydrogens (tertiary/aromatic N) is 2. The summed E-state index contributed by atoms with van der Waals surface area (Å²) in [5.74, 6) is 0.427. The van der Waals surface area contributed by atoms with E-state index >= 15 is 0 Å². The van der Waals surface area contributed by atoms with E-state index in [0.717, 1.165) is 28.9 Å². The lowest BCUT2D eigenvalue weighted by Gasteiger charge is -2.35. The first-order valence-electron chi connectivity index (χ1n) is 14.4. The van der Waals surface area contributed by atoms with Gasteiger partial charge in [-0.3, -0.25) is 14.5 Å². The second-order valence-corrected chi connectivity index (χ2v) is 12.0. The van der Waals surface area contributed by atoms with Crippen LogP contribution in [0.2, 0.25) is 5.02 Å². The molecule has 0 aromatic heterocycles. The Balaban J connectivity index is 1.12. The molecule has 1 saturated heterocycles. The van der Waals surface area contributed by atoms with Crippen molar-refractivity contribution in [1.82, 2.24) is 4.90 Å². The molecule has 1 saturated carbocycles. The maximum absolute atomic E-state index is 14.0. The van der Waals surface area contributed by atoms with Gasteiger partial charge in [0, 0.05) is 52.7 Å². The number of piperidine rings is 1. The number of benzene rings is 4. The summed E-state index contributed by atoms with van der Waals surface area (Å²) in [6.45, 7) is 3.56. The van der Waals surface area contributed by atoms with Crippen molar-refractivity contribution < 1.29 is 9.59 Å². The molecule has 6 heteroatoms. The minimum atomic E-state index is -0.185. The van der Waals surface area contributed by atoms with Crippen LogP contribution in [-0.2, 0) is 6.54 Å².